The van der Waals surface area contributed by atoms with Crippen molar-refractivity contribution in [2.75, 3.05) is 0 Å². The molecule has 8 heteroatoms. The van der Waals surface area contributed by atoms with E-state index in [2.05, 4.69) is 15.7 Å². The molecule has 1 aromatic rings. The molecule has 0 fully saturated rings. The fourth-order valence-electron chi connectivity index (χ4n) is 1.31. The summed E-state index contributed by atoms with van der Waals surface area (Å²) in [5, 5.41) is 12.2. The normalized spacial score (nSPS) is 13.2. The average Bonchev–Trinajstić information content (AvgIpc) is 2.73. The number of nitrogens with zero attached hydrogens (tertiary/aromatic N) is 2. The van der Waals surface area contributed by atoms with Crippen LogP contribution in [0.2, 0.25) is 0 Å². The molecule has 19 heavy (non-hydrogen) atoms. The Labute approximate surface area is 111 Å². The molecular formula is C11H15N3O4S. The molecule has 1 aromatic heterocycles. The van der Waals surface area contributed by atoms with Crippen molar-refractivity contribution < 1.29 is 18.3 Å². The minimum Gasteiger partial charge on any atom is -0.480 e. The predicted molar refractivity (Wildman–Crippen MR) is 67.6 cm³/mol. The lowest BCUT2D eigenvalue weighted by atomic mass is 10.1. The first-order chi connectivity index (χ1) is 8.76. The molecule has 0 radical (unpaired) electrons. The highest BCUT2D eigenvalue weighted by atomic mass is 32.2. The summed E-state index contributed by atoms with van der Waals surface area (Å²) in [7, 11) is -3.80. The highest BCUT2D eigenvalue weighted by molar-refractivity contribution is 7.89. The lowest BCUT2D eigenvalue weighted by Crippen LogP contribution is -2.37. The summed E-state index contributed by atoms with van der Waals surface area (Å²) < 4.78 is 27.4. The van der Waals surface area contributed by atoms with E-state index in [1.165, 1.54) is 0 Å². The Morgan fingerprint density at radius 2 is 2.26 bits per heavy atom. The summed E-state index contributed by atoms with van der Waals surface area (Å²) >= 11 is 0. The van der Waals surface area contributed by atoms with E-state index in [9.17, 15) is 13.2 Å². The van der Waals surface area contributed by atoms with Crippen LogP contribution in [0.1, 0.15) is 13.8 Å². The summed E-state index contributed by atoms with van der Waals surface area (Å²) in [5.41, 5.74) is 0. The van der Waals surface area contributed by atoms with Crippen LogP contribution in [0, 0.1) is 18.3 Å². The highest BCUT2D eigenvalue weighted by Gasteiger charge is 2.22. The zero-order valence-corrected chi connectivity index (χ0v) is 11.4. The molecule has 0 saturated heterocycles. The van der Waals surface area contributed by atoms with Crippen LogP contribution in [0.25, 0.3) is 0 Å². The Morgan fingerprint density at radius 3 is 2.74 bits per heavy atom. The van der Waals surface area contributed by atoms with E-state index in [-0.39, 0.29) is 10.8 Å². The number of aliphatic carboxylic acids is 1. The average molecular weight is 285 g/mol. The topological polar surface area (TPSA) is 101 Å². The van der Waals surface area contributed by atoms with E-state index in [1.54, 1.807) is 13.8 Å². The molecule has 0 spiro atoms. The molecule has 0 aliphatic rings. The van der Waals surface area contributed by atoms with Crippen LogP contribution in [-0.4, -0.2) is 35.3 Å². The fourth-order valence-corrected chi connectivity index (χ4v) is 2.56. The second-order valence-electron chi connectivity index (χ2n) is 4.28. The van der Waals surface area contributed by atoms with Crippen LogP contribution < -0.4 is 4.72 Å². The number of aromatic nitrogens is 2. The number of nitrogens with one attached hydrogen (secondary N) is 1. The second kappa shape index (κ2) is 5.86. The smallest absolute Gasteiger partial charge is 0.325 e. The van der Waals surface area contributed by atoms with Gasteiger partial charge < -0.3 is 5.11 Å². The van der Waals surface area contributed by atoms with Crippen molar-refractivity contribution >= 4 is 16.0 Å². The first-order valence-electron chi connectivity index (χ1n) is 5.49. The zero-order valence-electron chi connectivity index (χ0n) is 10.6. The molecule has 0 saturated carbocycles. The van der Waals surface area contributed by atoms with Gasteiger partial charge in [0, 0.05) is 6.20 Å². The van der Waals surface area contributed by atoms with Crippen LogP contribution in [0.15, 0.2) is 17.3 Å². The largest absolute Gasteiger partial charge is 0.480 e. The van der Waals surface area contributed by atoms with E-state index in [0.717, 1.165) is 17.1 Å². The Balaban J connectivity index is 2.92. The van der Waals surface area contributed by atoms with E-state index in [4.69, 9.17) is 11.5 Å². The van der Waals surface area contributed by atoms with Crippen molar-refractivity contribution in [1.29, 1.82) is 0 Å². The van der Waals surface area contributed by atoms with Gasteiger partial charge in [0.25, 0.3) is 0 Å². The van der Waals surface area contributed by atoms with Gasteiger partial charge in [-0.2, -0.15) is 9.82 Å². The number of carboxylic acid groups (broad SMARTS) is 1. The number of rotatable bonds is 6. The standard InChI is InChI=1S/C11H15N3O4S/c1-4-10(8(2)3)13-19(17,18)9-5-12-14(6-9)7-11(15)16/h1,5-6,8,10,13H,7H2,2-3H3,(H,15,16). The van der Waals surface area contributed by atoms with Crippen molar-refractivity contribution in [2.45, 2.75) is 31.3 Å². The number of carbonyl (C=O) groups is 1. The van der Waals surface area contributed by atoms with Crippen molar-refractivity contribution in [3.63, 3.8) is 0 Å². The van der Waals surface area contributed by atoms with Gasteiger partial charge >= 0.3 is 5.97 Å². The maximum Gasteiger partial charge on any atom is 0.325 e. The van der Waals surface area contributed by atoms with Gasteiger partial charge in [-0.15, -0.1) is 6.42 Å². The van der Waals surface area contributed by atoms with Crippen molar-refractivity contribution in [2.24, 2.45) is 5.92 Å². The van der Waals surface area contributed by atoms with E-state index in [1.807, 2.05) is 0 Å². The van der Waals surface area contributed by atoms with Gasteiger partial charge in [0.05, 0.1) is 12.2 Å². The molecule has 0 aliphatic heterocycles. The molecule has 7 nitrogen and oxygen atoms in total. The second-order valence-corrected chi connectivity index (χ2v) is 5.99. The van der Waals surface area contributed by atoms with E-state index >= 15 is 0 Å². The van der Waals surface area contributed by atoms with Crippen LogP contribution in [0.3, 0.4) is 0 Å². The number of hydrogen-bond acceptors (Lipinski definition) is 4. The Hall–Kier alpha value is -1.85. The van der Waals surface area contributed by atoms with Crippen LogP contribution in [0.4, 0.5) is 0 Å². The lowest BCUT2D eigenvalue weighted by molar-refractivity contribution is -0.137. The summed E-state index contributed by atoms with van der Waals surface area (Å²) in [6.45, 7) is 3.18. The summed E-state index contributed by atoms with van der Waals surface area (Å²) in [5.74, 6) is 1.19. The first-order valence-corrected chi connectivity index (χ1v) is 6.97. The molecule has 1 atom stereocenters. The van der Waals surface area contributed by atoms with Crippen LogP contribution in [-0.2, 0) is 21.4 Å². The molecular weight excluding hydrogens is 270 g/mol. The van der Waals surface area contributed by atoms with E-state index < -0.39 is 28.6 Å². The number of hydrogen-bond donors (Lipinski definition) is 2. The third-order valence-corrected chi connectivity index (χ3v) is 3.74. The number of carboxylic acids is 1. The van der Waals surface area contributed by atoms with Gasteiger partial charge in [-0.25, -0.2) is 8.42 Å². The SMILES string of the molecule is C#CC(NS(=O)(=O)c1cnn(CC(=O)O)c1)C(C)C. The molecule has 1 rings (SSSR count). The Bertz CT molecular complexity index is 598. The minimum atomic E-state index is -3.80. The molecule has 1 heterocycles. The maximum absolute atomic E-state index is 12.0. The first kappa shape index (κ1) is 15.2. The molecule has 2 N–H and O–H groups in total. The summed E-state index contributed by atoms with van der Waals surface area (Å²) in [6, 6.07) is -0.632. The van der Waals surface area contributed by atoms with Gasteiger partial charge in [0.15, 0.2) is 0 Å². The van der Waals surface area contributed by atoms with Crippen LogP contribution >= 0.6 is 0 Å². The van der Waals surface area contributed by atoms with Gasteiger partial charge in [0.2, 0.25) is 10.0 Å². The Kier molecular flexibility index (Phi) is 4.69. The zero-order chi connectivity index (χ0) is 14.6. The predicted octanol–water partition coefficient (Wildman–Crippen LogP) is -0.0962. The van der Waals surface area contributed by atoms with E-state index in [0.29, 0.717) is 0 Å². The number of terminal acetylenes is 1. The molecule has 0 aliphatic carbocycles. The monoisotopic (exact) mass is 285 g/mol. The molecule has 0 bridgehead atoms. The molecule has 0 aromatic carbocycles. The summed E-state index contributed by atoms with van der Waals surface area (Å²) in [4.78, 5) is 10.4. The van der Waals surface area contributed by atoms with Crippen LogP contribution in [0.5, 0.6) is 0 Å². The third kappa shape index (κ3) is 4.08. The molecule has 0 amide bonds. The number of sulfonamides is 1. The van der Waals surface area contributed by atoms with Crippen molar-refractivity contribution in [3.8, 4) is 12.3 Å². The third-order valence-electron chi connectivity index (χ3n) is 2.35. The minimum absolute atomic E-state index is 0.0613. The van der Waals surface area contributed by atoms with Gasteiger partial charge in [-0.3, -0.25) is 9.48 Å². The molecule has 1 unspecified atom stereocenters. The maximum atomic E-state index is 12.0. The lowest BCUT2D eigenvalue weighted by Gasteiger charge is -2.15. The van der Waals surface area contributed by atoms with Gasteiger partial charge in [0.1, 0.15) is 11.4 Å². The van der Waals surface area contributed by atoms with Crippen molar-refractivity contribution in [3.05, 3.63) is 12.4 Å². The van der Waals surface area contributed by atoms with Crippen molar-refractivity contribution in [1.82, 2.24) is 14.5 Å². The van der Waals surface area contributed by atoms with Gasteiger partial charge in [-0.05, 0) is 5.92 Å². The quantitative estimate of drug-likeness (QED) is 0.711. The fraction of sp³-hybridized carbons (Fsp3) is 0.455. The summed E-state index contributed by atoms with van der Waals surface area (Å²) in [6.07, 6.45) is 7.48. The van der Waals surface area contributed by atoms with Gasteiger partial charge in [-0.1, -0.05) is 19.8 Å². The Morgan fingerprint density at radius 1 is 1.63 bits per heavy atom. The molecule has 104 valence electrons. The highest BCUT2D eigenvalue weighted by Crippen LogP contribution is 2.10.